The van der Waals surface area contributed by atoms with Crippen LogP contribution in [-0.4, -0.2) is 25.2 Å². The summed E-state index contributed by atoms with van der Waals surface area (Å²) in [4.78, 5) is 13.9. The lowest BCUT2D eigenvalue weighted by Gasteiger charge is -2.36. The summed E-state index contributed by atoms with van der Waals surface area (Å²) in [6, 6.07) is 18.6. The molecule has 3 rings (SSSR count). The molecule has 0 N–H and O–H groups in total. The number of anilines is 1. The minimum Gasteiger partial charge on any atom is -0.486 e. The fourth-order valence-corrected chi connectivity index (χ4v) is 3.19. The molecule has 132 valence electrons. The van der Waals surface area contributed by atoms with Crippen LogP contribution in [-0.2, 0) is 16.1 Å². The molecule has 4 heteroatoms. The Morgan fingerprint density at radius 3 is 2.72 bits per heavy atom. The van der Waals surface area contributed by atoms with Gasteiger partial charge in [-0.05, 0) is 37.5 Å². The van der Waals surface area contributed by atoms with Crippen LogP contribution in [0.25, 0.3) is 0 Å². The predicted molar refractivity (Wildman–Crippen MR) is 98.8 cm³/mol. The fraction of sp³-hybridized carbons (Fsp3) is 0.381. The smallest absolute Gasteiger partial charge is 0.305 e. The maximum absolute atomic E-state index is 11.5. The second-order valence-electron chi connectivity index (χ2n) is 6.27. The maximum Gasteiger partial charge on any atom is 0.305 e. The summed E-state index contributed by atoms with van der Waals surface area (Å²) in [7, 11) is 0. The summed E-state index contributed by atoms with van der Waals surface area (Å²) in [6.45, 7) is 3.96. The molecule has 0 saturated heterocycles. The quantitative estimate of drug-likeness (QED) is 0.709. The molecule has 0 aromatic heterocycles. The number of rotatable bonds is 7. The lowest BCUT2D eigenvalue weighted by atomic mass is 10.1. The zero-order valence-electron chi connectivity index (χ0n) is 14.7. The minimum absolute atomic E-state index is 0.0908. The van der Waals surface area contributed by atoms with Gasteiger partial charge in [0, 0.05) is 13.0 Å². The SMILES string of the molecule is CCOC(=O)CCCC1CN(Cc2ccccc2)c2ccccc2O1. The molecule has 0 amide bonds. The monoisotopic (exact) mass is 339 g/mol. The third kappa shape index (κ3) is 4.75. The van der Waals surface area contributed by atoms with Crippen molar-refractivity contribution in [3.05, 3.63) is 60.2 Å². The zero-order chi connectivity index (χ0) is 17.5. The number of benzene rings is 2. The topological polar surface area (TPSA) is 38.8 Å². The largest absolute Gasteiger partial charge is 0.486 e. The van der Waals surface area contributed by atoms with E-state index in [0.717, 1.165) is 37.4 Å². The average Bonchev–Trinajstić information content (AvgIpc) is 2.63. The third-order valence-electron chi connectivity index (χ3n) is 4.35. The first-order valence-corrected chi connectivity index (χ1v) is 8.96. The number of ether oxygens (including phenoxy) is 2. The number of carbonyl (C=O) groups excluding carboxylic acids is 1. The molecule has 0 fully saturated rings. The van der Waals surface area contributed by atoms with Crippen molar-refractivity contribution in [2.45, 2.75) is 38.8 Å². The van der Waals surface area contributed by atoms with Gasteiger partial charge in [-0.2, -0.15) is 0 Å². The van der Waals surface area contributed by atoms with Gasteiger partial charge in [0.1, 0.15) is 11.9 Å². The second-order valence-corrected chi connectivity index (χ2v) is 6.27. The lowest BCUT2D eigenvalue weighted by Crippen LogP contribution is -2.39. The van der Waals surface area contributed by atoms with Gasteiger partial charge in [0.05, 0.1) is 18.8 Å². The van der Waals surface area contributed by atoms with Crippen LogP contribution in [0, 0.1) is 0 Å². The van der Waals surface area contributed by atoms with Crippen molar-refractivity contribution in [2.75, 3.05) is 18.1 Å². The highest BCUT2D eigenvalue weighted by Gasteiger charge is 2.25. The highest BCUT2D eigenvalue weighted by molar-refractivity contribution is 5.69. The van der Waals surface area contributed by atoms with Crippen LogP contribution in [0.2, 0.25) is 0 Å². The van der Waals surface area contributed by atoms with Crippen LogP contribution in [0.5, 0.6) is 5.75 Å². The number of fused-ring (bicyclic) bond motifs is 1. The summed E-state index contributed by atoms with van der Waals surface area (Å²) in [5, 5.41) is 0. The summed E-state index contributed by atoms with van der Waals surface area (Å²) >= 11 is 0. The molecular weight excluding hydrogens is 314 g/mol. The highest BCUT2D eigenvalue weighted by atomic mass is 16.5. The van der Waals surface area contributed by atoms with E-state index in [1.165, 1.54) is 5.56 Å². The van der Waals surface area contributed by atoms with Crippen molar-refractivity contribution in [1.29, 1.82) is 0 Å². The van der Waals surface area contributed by atoms with Gasteiger partial charge in [-0.25, -0.2) is 0 Å². The number of esters is 1. The molecule has 0 spiro atoms. The average molecular weight is 339 g/mol. The van der Waals surface area contributed by atoms with Crippen molar-refractivity contribution in [1.82, 2.24) is 0 Å². The zero-order valence-corrected chi connectivity index (χ0v) is 14.7. The van der Waals surface area contributed by atoms with Crippen LogP contribution in [0.3, 0.4) is 0 Å². The Morgan fingerprint density at radius 2 is 1.92 bits per heavy atom. The number of hydrogen-bond donors (Lipinski definition) is 0. The highest BCUT2D eigenvalue weighted by Crippen LogP contribution is 2.35. The fourth-order valence-electron chi connectivity index (χ4n) is 3.19. The van der Waals surface area contributed by atoms with Crippen molar-refractivity contribution in [3.63, 3.8) is 0 Å². The maximum atomic E-state index is 11.5. The Hall–Kier alpha value is -2.49. The molecule has 1 heterocycles. The Labute approximate surface area is 149 Å². The molecule has 4 nitrogen and oxygen atoms in total. The molecule has 0 radical (unpaired) electrons. The van der Waals surface area contributed by atoms with Gasteiger partial charge in [0.2, 0.25) is 0 Å². The summed E-state index contributed by atoms with van der Waals surface area (Å²) in [5.41, 5.74) is 2.41. The van der Waals surface area contributed by atoms with E-state index >= 15 is 0 Å². The Balaban J connectivity index is 1.65. The van der Waals surface area contributed by atoms with Crippen LogP contribution in [0.1, 0.15) is 31.7 Å². The van der Waals surface area contributed by atoms with E-state index in [1.54, 1.807) is 0 Å². The Bertz CT molecular complexity index is 687. The Morgan fingerprint density at radius 1 is 1.16 bits per heavy atom. The predicted octanol–water partition coefficient (Wildman–Crippen LogP) is 4.19. The second kappa shape index (κ2) is 8.56. The van der Waals surface area contributed by atoms with E-state index in [0.29, 0.717) is 13.0 Å². The van der Waals surface area contributed by atoms with Gasteiger partial charge in [-0.15, -0.1) is 0 Å². The van der Waals surface area contributed by atoms with Gasteiger partial charge < -0.3 is 14.4 Å². The molecule has 0 bridgehead atoms. The molecule has 2 aromatic carbocycles. The number of nitrogens with zero attached hydrogens (tertiary/aromatic N) is 1. The first-order chi connectivity index (χ1) is 12.3. The van der Waals surface area contributed by atoms with E-state index < -0.39 is 0 Å². The molecule has 0 saturated carbocycles. The van der Waals surface area contributed by atoms with Gasteiger partial charge in [-0.1, -0.05) is 42.5 Å². The van der Waals surface area contributed by atoms with Gasteiger partial charge in [-0.3, -0.25) is 4.79 Å². The van der Waals surface area contributed by atoms with Crippen molar-refractivity contribution >= 4 is 11.7 Å². The van der Waals surface area contributed by atoms with Gasteiger partial charge in [0.25, 0.3) is 0 Å². The number of carbonyl (C=O) groups is 1. The minimum atomic E-state index is -0.125. The van der Waals surface area contributed by atoms with Crippen LogP contribution >= 0.6 is 0 Å². The molecular formula is C21H25NO3. The first kappa shape index (κ1) is 17.3. The summed E-state index contributed by atoms with van der Waals surface area (Å²) in [5.74, 6) is 0.797. The standard InChI is InChI=1S/C21H25NO3/c1-2-24-21(23)14-8-11-18-16-22(15-17-9-4-3-5-10-17)19-12-6-7-13-20(19)25-18/h3-7,9-10,12-13,18H,2,8,11,14-16H2,1H3. The first-order valence-electron chi connectivity index (χ1n) is 8.96. The molecule has 2 aromatic rings. The van der Waals surface area contributed by atoms with Crippen molar-refractivity contribution in [2.24, 2.45) is 0 Å². The van der Waals surface area contributed by atoms with Crippen molar-refractivity contribution < 1.29 is 14.3 Å². The van der Waals surface area contributed by atoms with Crippen LogP contribution in [0.4, 0.5) is 5.69 Å². The molecule has 1 aliphatic rings. The lowest BCUT2D eigenvalue weighted by molar-refractivity contribution is -0.143. The molecule has 25 heavy (non-hydrogen) atoms. The normalized spacial score (nSPS) is 16.0. The van der Waals surface area contributed by atoms with Crippen LogP contribution in [0.15, 0.2) is 54.6 Å². The van der Waals surface area contributed by atoms with Crippen LogP contribution < -0.4 is 9.64 Å². The molecule has 1 atom stereocenters. The molecule has 1 unspecified atom stereocenters. The number of para-hydroxylation sites is 2. The molecule has 0 aliphatic carbocycles. The number of hydrogen-bond acceptors (Lipinski definition) is 4. The van der Waals surface area contributed by atoms with Crippen molar-refractivity contribution in [3.8, 4) is 5.75 Å². The van der Waals surface area contributed by atoms with E-state index in [-0.39, 0.29) is 12.1 Å². The van der Waals surface area contributed by atoms with Gasteiger partial charge in [0.15, 0.2) is 0 Å². The van der Waals surface area contributed by atoms with E-state index in [4.69, 9.17) is 9.47 Å². The van der Waals surface area contributed by atoms with E-state index in [2.05, 4.69) is 35.2 Å². The van der Waals surface area contributed by atoms with Gasteiger partial charge >= 0.3 is 5.97 Å². The molecule has 1 aliphatic heterocycles. The van der Waals surface area contributed by atoms with E-state index in [9.17, 15) is 4.79 Å². The summed E-state index contributed by atoms with van der Waals surface area (Å²) in [6.07, 6.45) is 2.17. The van der Waals surface area contributed by atoms with E-state index in [1.807, 2.05) is 31.2 Å². The Kier molecular flexibility index (Phi) is 5.94. The third-order valence-corrected chi connectivity index (χ3v) is 4.35. The summed E-state index contributed by atoms with van der Waals surface area (Å²) < 4.78 is 11.1.